The summed E-state index contributed by atoms with van der Waals surface area (Å²) in [4.78, 5) is 14.0. The molecule has 1 fully saturated rings. The van der Waals surface area contributed by atoms with Gasteiger partial charge in [-0.25, -0.2) is 0 Å². The summed E-state index contributed by atoms with van der Waals surface area (Å²) in [5.74, 6) is 0.474. The zero-order valence-corrected chi connectivity index (χ0v) is 8.88. The van der Waals surface area contributed by atoms with Gasteiger partial charge in [0.1, 0.15) is 5.78 Å². The Morgan fingerprint density at radius 2 is 2.15 bits per heavy atom. The van der Waals surface area contributed by atoms with E-state index in [0.717, 1.165) is 38.8 Å². The predicted molar refractivity (Wildman–Crippen MR) is 54.8 cm³/mol. The standard InChI is InChI=1S/C11H21NO/c1-3-9-12(4-2)10-7-5-6-8-11(10)13/h10H,3-9H2,1-2H3. The third-order valence-electron chi connectivity index (χ3n) is 2.88. The molecule has 0 bridgehead atoms. The molecule has 0 amide bonds. The molecule has 76 valence electrons. The molecule has 0 saturated heterocycles. The molecule has 2 nitrogen and oxygen atoms in total. The van der Waals surface area contributed by atoms with Gasteiger partial charge in [0, 0.05) is 6.42 Å². The fourth-order valence-corrected chi connectivity index (χ4v) is 2.17. The van der Waals surface area contributed by atoms with Crippen molar-refractivity contribution in [3.63, 3.8) is 0 Å². The van der Waals surface area contributed by atoms with E-state index in [2.05, 4.69) is 18.7 Å². The summed E-state index contributed by atoms with van der Waals surface area (Å²) < 4.78 is 0. The Balaban J connectivity index is 2.49. The van der Waals surface area contributed by atoms with Gasteiger partial charge in [0.2, 0.25) is 0 Å². The van der Waals surface area contributed by atoms with Crippen molar-refractivity contribution in [2.75, 3.05) is 13.1 Å². The summed E-state index contributed by atoms with van der Waals surface area (Å²) >= 11 is 0. The number of nitrogens with zero attached hydrogens (tertiary/aromatic N) is 1. The van der Waals surface area contributed by atoms with E-state index >= 15 is 0 Å². The summed E-state index contributed by atoms with van der Waals surface area (Å²) in [6.07, 6.45) is 5.39. The third-order valence-corrected chi connectivity index (χ3v) is 2.88. The zero-order chi connectivity index (χ0) is 9.68. The van der Waals surface area contributed by atoms with E-state index in [1.807, 2.05) is 0 Å². The number of carbonyl (C=O) groups is 1. The average Bonchev–Trinajstić information content (AvgIpc) is 2.16. The first-order chi connectivity index (χ1) is 6.29. The highest BCUT2D eigenvalue weighted by Crippen LogP contribution is 2.19. The molecule has 1 rings (SSSR count). The van der Waals surface area contributed by atoms with Gasteiger partial charge in [-0.3, -0.25) is 9.69 Å². The number of likely N-dealkylation sites (N-methyl/N-ethyl adjacent to an activating group) is 1. The number of hydrogen-bond donors (Lipinski definition) is 0. The van der Waals surface area contributed by atoms with Gasteiger partial charge in [-0.05, 0) is 32.4 Å². The summed E-state index contributed by atoms with van der Waals surface area (Å²) in [6, 6.07) is 0.249. The largest absolute Gasteiger partial charge is 0.298 e. The van der Waals surface area contributed by atoms with Gasteiger partial charge in [0.25, 0.3) is 0 Å². The molecular weight excluding hydrogens is 162 g/mol. The highest BCUT2D eigenvalue weighted by atomic mass is 16.1. The summed E-state index contributed by atoms with van der Waals surface area (Å²) in [7, 11) is 0. The normalized spacial score (nSPS) is 23.9. The lowest BCUT2D eigenvalue weighted by Gasteiger charge is -2.31. The smallest absolute Gasteiger partial charge is 0.149 e. The highest BCUT2D eigenvalue weighted by Gasteiger charge is 2.26. The van der Waals surface area contributed by atoms with Crippen LogP contribution in [0.3, 0.4) is 0 Å². The van der Waals surface area contributed by atoms with Crippen LogP contribution in [0, 0.1) is 0 Å². The molecule has 1 atom stereocenters. The molecule has 1 unspecified atom stereocenters. The number of Topliss-reactive ketones (excluding diaryl/α,β-unsaturated/α-hetero) is 1. The van der Waals surface area contributed by atoms with Crippen LogP contribution < -0.4 is 0 Å². The molecule has 0 aromatic heterocycles. The molecule has 1 aliphatic rings. The van der Waals surface area contributed by atoms with Crippen LogP contribution in [0.4, 0.5) is 0 Å². The highest BCUT2D eigenvalue weighted by molar-refractivity contribution is 5.84. The van der Waals surface area contributed by atoms with Crippen molar-refractivity contribution in [3.05, 3.63) is 0 Å². The van der Waals surface area contributed by atoms with E-state index < -0.39 is 0 Å². The van der Waals surface area contributed by atoms with Crippen molar-refractivity contribution >= 4 is 5.78 Å². The summed E-state index contributed by atoms with van der Waals surface area (Å²) in [5.41, 5.74) is 0. The maximum Gasteiger partial charge on any atom is 0.149 e. The lowest BCUT2D eigenvalue weighted by molar-refractivity contribution is -0.126. The Bertz CT molecular complexity index is 167. The third kappa shape index (κ3) is 2.80. The lowest BCUT2D eigenvalue weighted by atomic mass is 9.93. The second-order valence-electron chi connectivity index (χ2n) is 3.86. The van der Waals surface area contributed by atoms with Gasteiger partial charge in [-0.2, -0.15) is 0 Å². The number of ketones is 1. The van der Waals surface area contributed by atoms with E-state index in [-0.39, 0.29) is 6.04 Å². The molecule has 0 aromatic carbocycles. The second kappa shape index (κ2) is 5.38. The van der Waals surface area contributed by atoms with Gasteiger partial charge in [0.05, 0.1) is 6.04 Å². The van der Waals surface area contributed by atoms with Crippen LogP contribution >= 0.6 is 0 Å². The minimum atomic E-state index is 0.249. The molecule has 0 N–H and O–H groups in total. The molecule has 0 aliphatic heterocycles. The van der Waals surface area contributed by atoms with Crippen LogP contribution in [0.15, 0.2) is 0 Å². The lowest BCUT2D eigenvalue weighted by Crippen LogP contribution is -2.43. The maximum atomic E-state index is 11.6. The summed E-state index contributed by atoms with van der Waals surface area (Å²) in [6.45, 7) is 6.42. The molecule has 1 saturated carbocycles. The second-order valence-corrected chi connectivity index (χ2v) is 3.86. The minimum Gasteiger partial charge on any atom is -0.298 e. The van der Waals surface area contributed by atoms with Crippen molar-refractivity contribution < 1.29 is 4.79 Å². The van der Waals surface area contributed by atoms with Gasteiger partial charge in [-0.1, -0.05) is 20.3 Å². The van der Waals surface area contributed by atoms with Crippen LogP contribution in [-0.4, -0.2) is 29.8 Å². The van der Waals surface area contributed by atoms with Gasteiger partial charge in [-0.15, -0.1) is 0 Å². The molecule has 2 heteroatoms. The van der Waals surface area contributed by atoms with Gasteiger partial charge >= 0.3 is 0 Å². The molecule has 1 aliphatic carbocycles. The first-order valence-corrected chi connectivity index (χ1v) is 5.56. The van der Waals surface area contributed by atoms with E-state index in [0.29, 0.717) is 5.78 Å². The fourth-order valence-electron chi connectivity index (χ4n) is 2.17. The van der Waals surface area contributed by atoms with Gasteiger partial charge < -0.3 is 0 Å². The number of carbonyl (C=O) groups excluding carboxylic acids is 1. The quantitative estimate of drug-likeness (QED) is 0.666. The molecule has 13 heavy (non-hydrogen) atoms. The molecule has 0 radical (unpaired) electrons. The van der Waals surface area contributed by atoms with Crippen LogP contribution in [0.5, 0.6) is 0 Å². The van der Waals surface area contributed by atoms with Crippen molar-refractivity contribution in [1.82, 2.24) is 4.90 Å². The monoisotopic (exact) mass is 183 g/mol. The first kappa shape index (κ1) is 10.7. The van der Waals surface area contributed by atoms with Crippen molar-refractivity contribution in [2.45, 2.75) is 52.0 Å². The Morgan fingerprint density at radius 1 is 1.38 bits per heavy atom. The Morgan fingerprint density at radius 3 is 2.69 bits per heavy atom. The van der Waals surface area contributed by atoms with Crippen LogP contribution in [-0.2, 0) is 4.79 Å². The molecule has 0 spiro atoms. The number of rotatable bonds is 4. The van der Waals surface area contributed by atoms with Gasteiger partial charge in [0.15, 0.2) is 0 Å². The van der Waals surface area contributed by atoms with E-state index in [1.165, 1.54) is 6.42 Å². The zero-order valence-electron chi connectivity index (χ0n) is 8.88. The number of hydrogen-bond acceptors (Lipinski definition) is 2. The topological polar surface area (TPSA) is 20.3 Å². The minimum absolute atomic E-state index is 0.249. The van der Waals surface area contributed by atoms with E-state index in [9.17, 15) is 4.79 Å². The maximum absolute atomic E-state index is 11.6. The van der Waals surface area contributed by atoms with E-state index in [4.69, 9.17) is 0 Å². The van der Waals surface area contributed by atoms with E-state index in [1.54, 1.807) is 0 Å². The molecule has 0 aromatic rings. The molecular formula is C11H21NO. The predicted octanol–water partition coefficient (Wildman–Crippen LogP) is 2.23. The Hall–Kier alpha value is -0.370. The molecule has 0 heterocycles. The summed E-state index contributed by atoms with van der Waals surface area (Å²) in [5, 5.41) is 0. The van der Waals surface area contributed by atoms with Crippen molar-refractivity contribution in [1.29, 1.82) is 0 Å². The van der Waals surface area contributed by atoms with Crippen molar-refractivity contribution in [2.24, 2.45) is 0 Å². The van der Waals surface area contributed by atoms with Crippen molar-refractivity contribution in [3.8, 4) is 0 Å². The average molecular weight is 183 g/mol. The SMILES string of the molecule is CCCN(CC)C1CCCCC1=O. The Labute approximate surface area is 81.3 Å². The van der Waals surface area contributed by atoms with Crippen LogP contribution in [0.1, 0.15) is 46.0 Å². The first-order valence-electron chi connectivity index (χ1n) is 5.56. The Kier molecular flexibility index (Phi) is 4.43. The fraction of sp³-hybridized carbons (Fsp3) is 0.909. The van der Waals surface area contributed by atoms with Crippen LogP contribution in [0.25, 0.3) is 0 Å². The van der Waals surface area contributed by atoms with Crippen LogP contribution in [0.2, 0.25) is 0 Å².